The molecule has 0 unspecified atom stereocenters. The number of pyridine rings is 1. The minimum absolute atomic E-state index is 0.0272. The van der Waals surface area contributed by atoms with Crippen LogP contribution >= 0.6 is 0 Å². The first-order valence-corrected chi connectivity index (χ1v) is 13.6. The van der Waals surface area contributed by atoms with E-state index < -0.39 is 9.84 Å². The second kappa shape index (κ2) is 9.60. The van der Waals surface area contributed by atoms with Gasteiger partial charge in [0, 0.05) is 19.0 Å². The molecule has 1 saturated carbocycles. The van der Waals surface area contributed by atoms with Crippen LogP contribution in [0.2, 0.25) is 0 Å². The summed E-state index contributed by atoms with van der Waals surface area (Å²) in [5.74, 6) is 0. The molecular weight excluding hydrogens is 426 g/mol. The fraction of sp³-hybridized carbons (Fsp3) is 0.609. The van der Waals surface area contributed by atoms with Crippen molar-refractivity contribution < 1.29 is 13.2 Å². The van der Waals surface area contributed by atoms with Gasteiger partial charge >= 0.3 is 6.03 Å². The summed E-state index contributed by atoms with van der Waals surface area (Å²) in [6.07, 6.45) is 14.0. The van der Waals surface area contributed by atoms with Crippen molar-refractivity contribution in [1.82, 2.24) is 20.1 Å². The highest BCUT2D eigenvalue weighted by Crippen LogP contribution is 2.34. The van der Waals surface area contributed by atoms with E-state index in [0.29, 0.717) is 19.0 Å². The topological polar surface area (TPSA) is 97.2 Å². The maximum Gasteiger partial charge on any atom is 0.322 e. The van der Waals surface area contributed by atoms with Crippen LogP contribution in [0.3, 0.4) is 0 Å². The highest BCUT2D eigenvalue weighted by molar-refractivity contribution is 7.90. The number of hydrogen-bond acceptors (Lipinski definition) is 5. The molecule has 0 spiro atoms. The van der Waals surface area contributed by atoms with Crippen LogP contribution in [-0.2, 0) is 16.3 Å². The van der Waals surface area contributed by atoms with Crippen LogP contribution in [0.25, 0.3) is 0 Å². The number of aromatic nitrogens is 3. The molecule has 2 amide bonds. The maximum absolute atomic E-state index is 13.3. The van der Waals surface area contributed by atoms with Crippen molar-refractivity contribution in [3.8, 4) is 0 Å². The van der Waals surface area contributed by atoms with Gasteiger partial charge in [-0.25, -0.2) is 18.2 Å². The lowest BCUT2D eigenvalue weighted by atomic mass is 9.95. The third-order valence-corrected chi connectivity index (χ3v) is 7.53. The molecule has 174 valence electrons. The molecular formula is C23H33N5O3S. The van der Waals surface area contributed by atoms with Crippen LogP contribution < -0.4 is 10.2 Å². The fourth-order valence-corrected chi connectivity index (χ4v) is 5.51. The van der Waals surface area contributed by atoms with Crippen molar-refractivity contribution in [3.63, 3.8) is 0 Å². The summed E-state index contributed by atoms with van der Waals surface area (Å²) in [4.78, 5) is 19.1. The smallest absolute Gasteiger partial charge is 0.322 e. The van der Waals surface area contributed by atoms with Gasteiger partial charge in [-0.2, -0.15) is 5.10 Å². The summed E-state index contributed by atoms with van der Waals surface area (Å²) in [5, 5.41) is 7.85. The van der Waals surface area contributed by atoms with Crippen LogP contribution in [0.1, 0.15) is 81.6 Å². The highest BCUT2D eigenvalue weighted by Gasteiger charge is 2.30. The maximum atomic E-state index is 13.3. The van der Waals surface area contributed by atoms with Crippen LogP contribution in [0.5, 0.6) is 0 Å². The van der Waals surface area contributed by atoms with Gasteiger partial charge in [-0.3, -0.25) is 9.58 Å². The lowest BCUT2D eigenvalue weighted by molar-refractivity contribution is 0.241. The molecule has 1 aliphatic heterocycles. The van der Waals surface area contributed by atoms with Gasteiger partial charge in [0.2, 0.25) is 0 Å². The number of carbonyl (C=O) groups is 1. The van der Waals surface area contributed by atoms with Gasteiger partial charge in [0.15, 0.2) is 14.9 Å². The zero-order chi connectivity index (χ0) is 22.7. The van der Waals surface area contributed by atoms with Crippen LogP contribution in [0, 0.1) is 0 Å². The SMILES string of the molecule is CCC[C@H](NC(=O)N1CCCc2c1cnn2C1CCCCC1)c1ccnc(S(C)(=O)=O)c1. The Labute approximate surface area is 190 Å². The normalized spacial score (nSPS) is 18.2. The molecule has 32 heavy (non-hydrogen) atoms. The Hall–Kier alpha value is -2.42. The minimum atomic E-state index is -3.42. The van der Waals surface area contributed by atoms with Gasteiger partial charge in [0.05, 0.1) is 29.7 Å². The Balaban J connectivity index is 1.55. The lowest BCUT2D eigenvalue weighted by Crippen LogP contribution is -2.44. The number of carbonyl (C=O) groups excluding carboxylic acids is 1. The Morgan fingerprint density at radius 1 is 1.25 bits per heavy atom. The summed E-state index contributed by atoms with van der Waals surface area (Å²) >= 11 is 0. The van der Waals surface area contributed by atoms with E-state index in [1.54, 1.807) is 17.0 Å². The van der Waals surface area contributed by atoms with E-state index >= 15 is 0 Å². The number of nitrogens with zero attached hydrogens (tertiary/aromatic N) is 4. The molecule has 9 heteroatoms. The molecule has 4 rings (SSSR count). The van der Waals surface area contributed by atoms with Crippen LogP contribution in [-0.4, -0.2) is 42.0 Å². The highest BCUT2D eigenvalue weighted by atomic mass is 32.2. The van der Waals surface area contributed by atoms with Crippen molar-refractivity contribution in [1.29, 1.82) is 0 Å². The first-order chi connectivity index (χ1) is 15.4. The van der Waals surface area contributed by atoms with Gasteiger partial charge < -0.3 is 5.32 Å². The number of urea groups is 1. The summed E-state index contributed by atoms with van der Waals surface area (Å²) in [7, 11) is -3.42. The number of hydrogen-bond donors (Lipinski definition) is 1. The van der Waals surface area contributed by atoms with Crippen molar-refractivity contribution in [2.45, 2.75) is 81.8 Å². The Kier molecular flexibility index (Phi) is 6.83. The quantitative estimate of drug-likeness (QED) is 0.699. The van der Waals surface area contributed by atoms with E-state index in [2.05, 4.69) is 20.1 Å². The Morgan fingerprint density at radius 2 is 2.03 bits per heavy atom. The van der Waals surface area contributed by atoms with E-state index in [9.17, 15) is 13.2 Å². The van der Waals surface area contributed by atoms with Crippen molar-refractivity contribution in [2.24, 2.45) is 0 Å². The van der Waals surface area contributed by atoms with Crippen LogP contribution in [0.15, 0.2) is 29.6 Å². The Bertz CT molecular complexity index is 1060. The zero-order valence-electron chi connectivity index (χ0n) is 19.0. The molecule has 1 fully saturated rings. The molecule has 0 saturated heterocycles. The largest absolute Gasteiger partial charge is 0.331 e. The third-order valence-electron chi connectivity index (χ3n) is 6.54. The molecule has 0 aromatic carbocycles. The summed E-state index contributed by atoms with van der Waals surface area (Å²) < 4.78 is 26.0. The fourth-order valence-electron chi connectivity index (χ4n) is 4.90. The number of amides is 2. The number of rotatable bonds is 6. The second-order valence-corrected chi connectivity index (χ2v) is 10.9. The standard InChI is InChI=1S/C23H33N5O3S/c1-3-8-19(17-12-13-24-22(15-17)32(2,30)31)26-23(29)27-14-7-11-20-21(27)16-25-28(20)18-9-5-4-6-10-18/h12-13,15-16,18-19H,3-11,14H2,1-2H3,(H,26,29)/t19-/m0/s1. The molecule has 1 aliphatic carbocycles. The molecule has 1 N–H and O–H groups in total. The van der Waals surface area contributed by atoms with Crippen molar-refractivity contribution in [2.75, 3.05) is 17.7 Å². The van der Waals surface area contributed by atoms with Gasteiger partial charge in [-0.15, -0.1) is 0 Å². The van der Waals surface area contributed by atoms with Crippen molar-refractivity contribution in [3.05, 3.63) is 35.8 Å². The number of sulfone groups is 1. The molecule has 2 aromatic heterocycles. The van der Waals surface area contributed by atoms with E-state index in [0.717, 1.165) is 55.3 Å². The average molecular weight is 460 g/mol. The Morgan fingerprint density at radius 3 is 2.75 bits per heavy atom. The van der Waals surface area contributed by atoms with Gasteiger partial charge in [0.25, 0.3) is 0 Å². The van der Waals surface area contributed by atoms with Gasteiger partial charge in [-0.05, 0) is 49.8 Å². The van der Waals surface area contributed by atoms with Crippen LogP contribution in [0.4, 0.5) is 10.5 Å². The monoisotopic (exact) mass is 459 g/mol. The zero-order valence-corrected chi connectivity index (χ0v) is 19.8. The molecule has 0 radical (unpaired) electrons. The van der Waals surface area contributed by atoms with E-state index in [4.69, 9.17) is 0 Å². The predicted molar refractivity (Wildman–Crippen MR) is 124 cm³/mol. The average Bonchev–Trinajstić information content (AvgIpc) is 3.23. The third kappa shape index (κ3) is 4.82. The predicted octanol–water partition coefficient (Wildman–Crippen LogP) is 4.19. The molecule has 2 aliphatic rings. The van der Waals surface area contributed by atoms with E-state index in [1.165, 1.54) is 25.5 Å². The van der Waals surface area contributed by atoms with Gasteiger partial charge in [-0.1, -0.05) is 32.6 Å². The summed E-state index contributed by atoms with van der Waals surface area (Å²) in [6, 6.07) is 3.34. The second-order valence-electron chi connectivity index (χ2n) is 8.96. The van der Waals surface area contributed by atoms with E-state index in [1.807, 2.05) is 13.1 Å². The first-order valence-electron chi connectivity index (χ1n) is 11.7. The molecule has 2 aromatic rings. The van der Waals surface area contributed by atoms with E-state index in [-0.39, 0.29) is 17.1 Å². The number of fused-ring (bicyclic) bond motifs is 1. The molecule has 1 atom stereocenters. The number of anilines is 1. The number of nitrogens with one attached hydrogen (secondary N) is 1. The molecule has 0 bridgehead atoms. The minimum Gasteiger partial charge on any atom is -0.331 e. The molecule has 3 heterocycles. The summed E-state index contributed by atoms with van der Waals surface area (Å²) in [6.45, 7) is 2.70. The first kappa shape index (κ1) is 22.8. The lowest BCUT2D eigenvalue weighted by Gasteiger charge is -2.31. The van der Waals surface area contributed by atoms with Gasteiger partial charge in [0.1, 0.15) is 0 Å². The van der Waals surface area contributed by atoms with Crippen molar-refractivity contribution >= 4 is 21.6 Å². The summed E-state index contributed by atoms with van der Waals surface area (Å²) in [5.41, 5.74) is 2.82. The molecule has 8 nitrogen and oxygen atoms in total.